The standard InChI is InChI=1S/C10H8N2O2/c11-12-5-7-6-14-9-4-2-1-3-8(9)10(7)13/h1-4,6,11H,5H2. The molecule has 0 unspecified atom stereocenters. The van der Waals surface area contributed by atoms with Crippen LogP contribution in [0, 0.1) is 5.53 Å². The highest BCUT2D eigenvalue weighted by Gasteiger charge is 2.04. The Balaban J connectivity index is 2.75. The van der Waals surface area contributed by atoms with Crippen molar-refractivity contribution >= 4 is 11.0 Å². The molecule has 0 fully saturated rings. The molecule has 0 aliphatic heterocycles. The Morgan fingerprint density at radius 1 is 1.36 bits per heavy atom. The monoisotopic (exact) mass is 188 g/mol. The number of benzene rings is 1. The Hall–Kier alpha value is -1.97. The molecule has 0 aliphatic carbocycles. The third kappa shape index (κ3) is 1.31. The number of nitrogens with zero attached hydrogens (tertiary/aromatic N) is 1. The average Bonchev–Trinajstić information content (AvgIpc) is 2.23. The Labute approximate surface area is 79.7 Å². The minimum atomic E-state index is -0.108. The van der Waals surface area contributed by atoms with E-state index in [1.54, 1.807) is 24.3 Å². The maximum Gasteiger partial charge on any atom is 0.197 e. The summed E-state index contributed by atoms with van der Waals surface area (Å²) in [5.74, 6) is 0. The molecule has 4 nitrogen and oxygen atoms in total. The van der Waals surface area contributed by atoms with Crippen LogP contribution in [0.15, 0.2) is 44.9 Å². The number of hydrogen-bond donors (Lipinski definition) is 1. The van der Waals surface area contributed by atoms with Crippen molar-refractivity contribution in [2.24, 2.45) is 5.11 Å². The van der Waals surface area contributed by atoms with Crippen LogP contribution in [0.4, 0.5) is 0 Å². The summed E-state index contributed by atoms with van der Waals surface area (Å²) in [6.45, 7) is 0.0766. The molecule has 70 valence electrons. The van der Waals surface area contributed by atoms with Gasteiger partial charge in [-0.05, 0) is 12.1 Å². The van der Waals surface area contributed by atoms with E-state index in [-0.39, 0.29) is 12.0 Å². The van der Waals surface area contributed by atoms with E-state index in [2.05, 4.69) is 5.11 Å². The number of rotatable bonds is 2. The third-order valence-electron chi connectivity index (χ3n) is 2.00. The highest BCUT2D eigenvalue weighted by molar-refractivity contribution is 5.76. The molecule has 2 aromatic rings. The first kappa shape index (κ1) is 8.62. The molecule has 4 heteroatoms. The summed E-state index contributed by atoms with van der Waals surface area (Å²) >= 11 is 0. The molecule has 14 heavy (non-hydrogen) atoms. The van der Waals surface area contributed by atoms with Crippen molar-refractivity contribution in [2.75, 3.05) is 0 Å². The van der Waals surface area contributed by atoms with Crippen LogP contribution in [0.3, 0.4) is 0 Å². The van der Waals surface area contributed by atoms with Crippen molar-refractivity contribution in [1.29, 1.82) is 5.53 Å². The lowest BCUT2D eigenvalue weighted by Crippen LogP contribution is -2.07. The Kier molecular flexibility index (Phi) is 2.10. The maximum atomic E-state index is 11.7. The Bertz CT molecular complexity index is 531. The molecule has 2 rings (SSSR count). The van der Waals surface area contributed by atoms with Crippen molar-refractivity contribution in [3.8, 4) is 0 Å². The van der Waals surface area contributed by atoms with Gasteiger partial charge in [-0.1, -0.05) is 12.1 Å². The van der Waals surface area contributed by atoms with Crippen molar-refractivity contribution < 1.29 is 4.42 Å². The second kappa shape index (κ2) is 3.41. The van der Waals surface area contributed by atoms with E-state index in [1.807, 2.05) is 0 Å². The number of hydrogen-bond acceptors (Lipinski definition) is 4. The van der Waals surface area contributed by atoms with E-state index in [9.17, 15) is 4.79 Å². The Morgan fingerprint density at radius 2 is 2.14 bits per heavy atom. The summed E-state index contributed by atoms with van der Waals surface area (Å²) in [6.07, 6.45) is 1.36. The van der Waals surface area contributed by atoms with Crippen LogP contribution in [0.1, 0.15) is 5.56 Å². The molecule has 0 atom stereocenters. The van der Waals surface area contributed by atoms with Crippen molar-refractivity contribution in [3.63, 3.8) is 0 Å². The highest BCUT2D eigenvalue weighted by Crippen LogP contribution is 2.10. The van der Waals surface area contributed by atoms with Crippen LogP contribution in [-0.2, 0) is 6.54 Å². The predicted molar refractivity (Wildman–Crippen MR) is 51.3 cm³/mol. The van der Waals surface area contributed by atoms with E-state index in [0.29, 0.717) is 16.5 Å². The van der Waals surface area contributed by atoms with Gasteiger partial charge < -0.3 is 4.42 Å². The second-order valence-corrected chi connectivity index (χ2v) is 2.90. The minimum Gasteiger partial charge on any atom is -0.464 e. The van der Waals surface area contributed by atoms with Gasteiger partial charge in [-0.15, -0.1) is 0 Å². The van der Waals surface area contributed by atoms with Crippen LogP contribution in [-0.4, -0.2) is 0 Å². The summed E-state index contributed by atoms with van der Waals surface area (Å²) in [5.41, 5.74) is 7.56. The molecule has 1 heterocycles. The number of nitrogens with one attached hydrogen (secondary N) is 1. The van der Waals surface area contributed by atoms with Crippen LogP contribution in [0.2, 0.25) is 0 Å². The summed E-state index contributed by atoms with van der Waals surface area (Å²) in [7, 11) is 0. The van der Waals surface area contributed by atoms with E-state index in [0.717, 1.165) is 0 Å². The van der Waals surface area contributed by atoms with E-state index < -0.39 is 0 Å². The zero-order valence-corrected chi connectivity index (χ0v) is 7.36. The van der Waals surface area contributed by atoms with Crippen LogP contribution in [0.25, 0.3) is 11.0 Å². The number of para-hydroxylation sites is 1. The van der Waals surface area contributed by atoms with Gasteiger partial charge in [-0.2, -0.15) is 5.11 Å². The lowest BCUT2D eigenvalue weighted by Gasteiger charge is -1.97. The first-order valence-corrected chi connectivity index (χ1v) is 4.15. The van der Waals surface area contributed by atoms with E-state index >= 15 is 0 Å². The lowest BCUT2D eigenvalue weighted by atomic mass is 10.2. The predicted octanol–water partition coefficient (Wildman–Crippen LogP) is 2.32. The fourth-order valence-corrected chi connectivity index (χ4v) is 1.31. The van der Waals surface area contributed by atoms with Crippen molar-refractivity contribution in [1.82, 2.24) is 0 Å². The molecule has 1 aromatic heterocycles. The molecule has 1 N–H and O–H groups in total. The zero-order valence-electron chi connectivity index (χ0n) is 7.36. The minimum absolute atomic E-state index is 0.0766. The highest BCUT2D eigenvalue weighted by atomic mass is 16.3. The SMILES string of the molecule is N=NCc1coc2ccccc2c1=O. The van der Waals surface area contributed by atoms with Gasteiger partial charge in [-0.3, -0.25) is 4.79 Å². The van der Waals surface area contributed by atoms with Gasteiger partial charge >= 0.3 is 0 Å². The van der Waals surface area contributed by atoms with Crippen LogP contribution >= 0.6 is 0 Å². The van der Waals surface area contributed by atoms with E-state index in [4.69, 9.17) is 9.95 Å². The van der Waals surface area contributed by atoms with Gasteiger partial charge in [0.25, 0.3) is 0 Å². The van der Waals surface area contributed by atoms with Crippen molar-refractivity contribution in [3.05, 3.63) is 46.3 Å². The fourth-order valence-electron chi connectivity index (χ4n) is 1.31. The smallest absolute Gasteiger partial charge is 0.197 e. The maximum absolute atomic E-state index is 11.7. The van der Waals surface area contributed by atoms with Crippen LogP contribution < -0.4 is 5.43 Å². The molecule has 0 radical (unpaired) electrons. The largest absolute Gasteiger partial charge is 0.464 e. The molecule has 0 bridgehead atoms. The molecular formula is C10H8N2O2. The summed E-state index contributed by atoms with van der Waals surface area (Å²) in [6, 6.07) is 7.02. The zero-order chi connectivity index (χ0) is 9.97. The quantitative estimate of drug-likeness (QED) is 0.735. The third-order valence-corrected chi connectivity index (χ3v) is 2.00. The molecule has 0 saturated heterocycles. The first-order valence-electron chi connectivity index (χ1n) is 4.15. The first-order chi connectivity index (χ1) is 6.83. The fraction of sp³-hybridized carbons (Fsp3) is 0.100. The van der Waals surface area contributed by atoms with Crippen molar-refractivity contribution in [2.45, 2.75) is 6.54 Å². The van der Waals surface area contributed by atoms with Gasteiger partial charge in [0.05, 0.1) is 17.5 Å². The summed E-state index contributed by atoms with van der Waals surface area (Å²) in [5, 5.41) is 3.70. The molecule has 0 amide bonds. The normalized spacial score (nSPS) is 10.3. The summed E-state index contributed by atoms with van der Waals surface area (Å²) in [4.78, 5) is 11.7. The topological polar surface area (TPSA) is 66.4 Å². The molecule has 0 spiro atoms. The van der Waals surface area contributed by atoms with Gasteiger partial charge in [0.1, 0.15) is 11.8 Å². The molecule has 0 aliphatic rings. The molecule has 0 saturated carbocycles. The van der Waals surface area contributed by atoms with Gasteiger partial charge in [0.15, 0.2) is 5.43 Å². The Morgan fingerprint density at radius 3 is 2.93 bits per heavy atom. The van der Waals surface area contributed by atoms with E-state index in [1.165, 1.54) is 6.26 Å². The average molecular weight is 188 g/mol. The summed E-state index contributed by atoms with van der Waals surface area (Å²) < 4.78 is 5.23. The molecule has 1 aromatic carbocycles. The number of fused-ring (bicyclic) bond motifs is 1. The van der Waals surface area contributed by atoms with Gasteiger partial charge in [0, 0.05) is 0 Å². The second-order valence-electron chi connectivity index (χ2n) is 2.90. The van der Waals surface area contributed by atoms with Crippen LogP contribution in [0.5, 0.6) is 0 Å². The van der Waals surface area contributed by atoms with Gasteiger partial charge in [-0.25, -0.2) is 5.53 Å². The lowest BCUT2D eigenvalue weighted by molar-refractivity contribution is 0.591. The molecular weight excluding hydrogens is 180 g/mol. The van der Waals surface area contributed by atoms with Gasteiger partial charge in [0.2, 0.25) is 0 Å².